The van der Waals surface area contributed by atoms with Crippen molar-refractivity contribution in [3.63, 3.8) is 0 Å². The second-order valence-corrected chi connectivity index (χ2v) is 4.43. The molecule has 3 nitrogen and oxygen atoms in total. The summed E-state index contributed by atoms with van der Waals surface area (Å²) in [7, 11) is 0. The highest BCUT2D eigenvalue weighted by Crippen LogP contribution is 2.33. The number of anilines is 1. The third-order valence-corrected chi connectivity index (χ3v) is 2.96. The number of nitrogens with zero attached hydrogens (tertiary/aromatic N) is 1. The molecule has 1 aromatic heterocycles. The molecule has 0 amide bonds. The van der Waals surface area contributed by atoms with Crippen molar-refractivity contribution in [2.24, 2.45) is 0 Å². The summed E-state index contributed by atoms with van der Waals surface area (Å²) in [5, 5.41) is 0. The van der Waals surface area contributed by atoms with E-state index in [1.165, 1.54) is 18.2 Å². The Labute approximate surface area is 116 Å². The minimum Gasteiger partial charge on any atom is -0.436 e. The van der Waals surface area contributed by atoms with Gasteiger partial charge in [0.05, 0.1) is 11.1 Å². The number of oxazole rings is 1. The lowest BCUT2D eigenvalue weighted by Crippen LogP contribution is -2.03. The van der Waals surface area contributed by atoms with Gasteiger partial charge in [-0.1, -0.05) is 0 Å². The second-order valence-electron chi connectivity index (χ2n) is 4.43. The number of hydrogen-bond donors (Lipinski definition) is 1. The van der Waals surface area contributed by atoms with Crippen LogP contribution >= 0.6 is 0 Å². The van der Waals surface area contributed by atoms with Gasteiger partial charge in [0.25, 0.3) is 0 Å². The Hall–Kier alpha value is -2.57. The number of benzene rings is 2. The SMILES string of the molecule is Nc1cc(F)ccc1-c1nc2cc(C(F)(F)F)ccc2o1. The molecule has 7 heteroatoms. The average molecular weight is 296 g/mol. The van der Waals surface area contributed by atoms with Crippen LogP contribution in [0.2, 0.25) is 0 Å². The fourth-order valence-electron chi connectivity index (χ4n) is 1.95. The molecule has 21 heavy (non-hydrogen) atoms. The van der Waals surface area contributed by atoms with E-state index < -0.39 is 17.6 Å². The first kappa shape index (κ1) is 13.4. The first-order chi connectivity index (χ1) is 9.84. The molecule has 3 aromatic rings. The number of hydrogen-bond acceptors (Lipinski definition) is 3. The molecule has 1 heterocycles. The number of nitrogens with two attached hydrogens (primary N) is 1. The van der Waals surface area contributed by atoms with Crippen LogP contribution in [0, 0.1) is 5.82 Å². The van der Waals surface area contributed by atoms with Gasteiger partial charge in [0.15, 0.2) is 5.58 Å². The number of aromatic nitrogens is 1. The number of nitrogen functional groups attached to an aromatic ring is 1. The zero-order valence-corrected chi connectivity index (χ0v) is 10.4. The Morgan fingerprint density at radius 3 is 2.48 bits per heavy atom. The maximum atomic E-state index is 13.0. The summed E-state index contributed by atoms with van der Waals surface area (Å²) in [5.74, 6) is -0.478. The molecule has 0 bridgehead atoms. The normalized spacial score (nSPS) is 12.0. The van der Waals surface area contributed by atoms with E-state index in [2.05, 4.69) is 4.98 Å². The summed E-state index contributed by atoms with van der Waals surface area (Å²) in [6.07, 6.45) is -4.46. The molecule has 0 saturated heterocycles. The van der Waals surface area contributed by atoms with Gasteiger partial charge in [-0.2, -0.15) is 13.2 Å². The Morgan fingerprint density at radius 1 is 1.05 bits per heavy atom. The minimum absolute atomic E-state index is 0.0434. The van der Waals surface area contributed by atoms with Gasteiger partial charge in [-0.15, -0.1) is 0 Å². The van der Waals surface area contributed by atoms with Gasteiger partial charge < -0.3 is 10.2 Å². The zero-order chi connectivity index (χ0) is 15.2. The second kappa shape index (κ2) is 4.47. The zero-order valence-electron chi connectivity index (χ0n) is 10.4. The van der Waals surface area contributed by atoms with Gasteiger partial charge >= 0.3 is 6.18 Å². The van der Waals surface area contributed by atoms with E-state index in [0.29, 0.717) is 5.56 Å². The van der Waals surface area contributed by atoms with Crippen molar-refractivity contribution < 1.29 is 22.0 Å². The summed E-state index contributed by atoms with van der Waals surface area (Å²) in [6, 6.07) is 6.61. The number of alkyl halides is 3. The van der Waals surface area contributed by atoms with Gasteiger partial charge in [0.1, 0.15) is 11.3 Å². The van der Waals surface area contributed by atoms with Crippen molar-refractivity contribution in [2.75, 3.05) is 5.73 Å². The highest BCUT2D eigenvalue weighted by molar-refractivity contribution is 5.80. The molecule has 0 aliphatic carbocycles. The van der Waals surface area contributed by atoms with Gasteiger partial charge in [-0.3, -0.25) is 0 Å². The molecule has 2 aromatic carbocycles. The maximum absolute atomic E-state index is 13.0. The first-order valence-electron chi connectivity index (χ1n) is 5.88. The lowest BCUT2D eigenvalue weighted by atomic mass is 10.2. The summed E-state index contributed by atoms with van der Waals surface area (Å²) < 4.78 is 56.3. The summed E-state index contributed by atoms with van der Waals surface area (Å²) in [4.78, 5) is 3.98. The molecule has 0 fully saturated rings. The predicted octanol–water partition coefficient (Wildman–Crippen LogP) is 4.23. The van der Waals surface area contributed by atoms with Crippen molar-refractivity contribution in [1.29, 1.82) is 0 Å². The van der Waals surface area contributed by atoms with Crippen molar-refractivity contribution >= 4 is 16.8 Å². The monoisotopic (exact) mass is 296 g/mol. The van der Waals surface area contributed by atoms with Gasteiger partial charge in [0, 0.05) is 5.69 Å². The average Bonchev–Trinajstić information content (AvgIpc) is 2.79. The van der Waals surface area contributed by atoms with Crippen LogP contribution in [0.25, 0.3) is 22.6 Å². The first-order valence-corrected chi connectivity index (χ1v) is 5.88. The summed E-state index contributed by atoms with van der Waals surface area (Å²) in [5.41, 5.74) is 5.51. The quantitative estimate of drug-likeness (QED) is 0.540. The minimum atomic E-state index is -4.46. The van der Waals surface area contributed by atoms with Crippen molar-refractivity contribution in [3.05, 3.63) is 47.8 Å². The smallest absolute Gasteiger partial charge is 0.416 e. The topological polar surface area (TPSA) is 52.0 Å². The number of fused-ring (bicyclic) bond motifs is 1. The number of rotatable bonds is 1. The van der Waals surface area contributed by atoms with E-state index in [1.54, 1.807) is 0 Å². The van der Waals surface area contributed by atoms with Crippen LogP contribution in [0.5, 0.6) is 0 Å². The largest absolute Gasteiger partial charge is 0.436 e. The lowest BCUT2D eigenvalue weighted by molar-refractivity contribution is -0.137. The molecule has 0 radical (unpaired) electrons. The van der Waals surface area contributed by atoms with Crippen molar-refractivity contribution in [1.82, 2.24) is 4.98 Å². The fourth-order valence-corrected chi connectivity index (χ4v) is 1.95. The molecule has 0 spiro atoms. The van der Waals surface area contributed by atoms with Gasteiger partial charge in [-0.25, -0.2) is 9.37 Å². The molecular weight excluding hydrogens is 288 g/mol. The van der Waals surface area contributed by atoms with E-state index >= 15 is 0 Å². The Balaban J connectivity index is 2.13. The van der Waals surface area contributed by atoms with E-state index in [0.717, 1.165) is 18.2 Å². The molecule has 0 unspecified atom stereocenters. The van der Waals surface area contributed by atoms with E-state index in [9.17, 15) is 17.6 Å². The standard InChI is InChI=1S/C14H8F4N2O/c15-8-2-3-9(10(19)6-8)13-20-11-5-7(14(16,17)18)1-4-12(11)21-13/h1-6H,19H2. The van der Waals surface area contributed by atoms with E-state index in [-0.39, 0.29) is 22.7 Å². The van der Waals surface area contributed by atoms with E-state index in [1.807, 2.05) is 0 Å². The summed E-state index contributed by atoms with van der Waals surface area (Å²) >= 11 is 0. The van der Waals surface area contributed by atoms with Crippen LogP contribution in [0.3, 0.4) is 0 Å². The molecule has 0 atom stereocenters. The van der Waals surface area contributed by atoms with E-state index in [4.69, 9.17) is 10.2 Å². The van der Waals surface area contributed by atoms with Crippen LogP contribution in [-0.2, 0) is 6.18 Å². The molecule has 2 N–H and O–H groups in total. The van der Waals surface area contributed by atoms with Crippen molar-refractivity contribution in [2.45, 2.75) is 6.18 Å². The Morgan fingerprint density at radius 2 is 1.81 bits per heavy atom. The molecule has 108 valence electrons. The fraction of sp³-hybridized carbons (Fsp3) is 0.0714. The third-order valence-electron chi connectivity index (χ3n) is 2.96. The lowest BCUT2D eigenvalue weighted by Gasteiger charge is -2.04. The Kier molecular flexibility index (Phi) is 2.86. The highest BCUT2D eigenvalue weighted by atomic mass is 19.4. The molecule has 0 saturated carbocycles. The van der Waals surface area contributed by atoms with Crippen LogP contribution in [0.15, 0.2) is 40.8 Å². The Bertz CT molecular complexity index is 823. The van der Waals surface area contributed by atoms with Crippen LogP contribution in [-0.4, -0.2) is 4.98 Å². The highest BCUT2D eigenvalue weighted by Gasteiger charge is 2.31. The molecule has 0 aliphatic heterocycles. The van der Waals surface area contributed by atoms with Gasteiger partial charge in [0.2, 0.25) is 5.89 Å². The van der Waals surface area contributed by atoms with Crippen LogP contribution in [0.4, 0.5) is 23.2 Å². The van der Waals surface area contributed by atoms with Crippen molar-refractivity contribution in [3.8, 4) is 11.5 Å². The number of halogens is 4. The maximum Gasteiger partial charge on any atom is 0.416 e. The molecular formula is C14H8F4N2O. The van der Waals surface area contributed by atoms with Gasteiger partial charge in [-0.05, 0) is 36.4 Å². The van der Waals surface area contributed by atoms with Crippen LogP contribution < -0.4 is 5.73 Å². The van der Waals surface area contributed by atoms with Crippen LogP contribution in [0.1, 0.15) is 5.56 Å². The summed E-state index contributed by atoms with van der Waals surface area (Å²) in [6.45, 7) is 0. The predicted molar refractivity (Wildman–Crippen MR) is 68.8 cm³/mol. The third kappa shape index (κ3) is 2.42. The molecule has 3 rings (SSSR count). The molecule has 0 aliphatic rings.